The van der Waals surface area contributed by atoms with E-state index < -0.39 is 59.9 Å². The molecule has 38 heavy (non-hydrogen) atoms. The van der Waals surface area contributed by atoms with Gasteiger partial charge in [0.1, 0.15) is 23.9 Å². The fourth-order valence-electron chi connectivity index (χ4n) is 4.37. The molecule has 1 fully saturated rings. The number of esters is 1. The summed E-state index contributed by atoms with van der Waals surface area (Å²) in [7, 11) is 0. The van der Waals surface area contributed by atoms with Gasteiger partial charge in [-0.1, -0.05) is 39.0 Å². The number of para-hydroxylation sites is 1. The van der Waals surface area contributed by atoms with E-state index in [1.165, 1.54) is 26.0 Å². The molecule has 5 N–H and O–H groups in total. The first kappa shape index (κ1) is 28.8. The van der Waals surface area contributed by atoms with Crippen LogP contribution < -0.4 is 16.0 Å². The molecule has 206 valence electrons. The second kappa shape index (κ2) is 12.7. The number of hydrogen-bond acceptors (Lipinski definition) is 8. The third-order valence-electron chi connectivity index (χ3n) is 6.75. The molecule has 3 rings (SSSR count). The normalized spacial score (nSPS) is 28.8. The van der Waals surface area contributed by atoms with Crippen molar-refractivity contribution in [1.29, 1.82) is 0 Å². The minimum absolute atomic E-state index is 0.0638. The molecule has 0 spiro atoms. The minimum atomic E-state index is -1.37. The van der Waals surface area contributed by atoms with Gasteiger partial charge in [-0.3, -0.25) is 19.4 Å². The molecule has 6 atom stereocenters. The molecule has 1 saturated heterocycles. The average molecular weight is 529 g/mol. The lowest BCUT2D eigenvalue weighted by molar-refractivity contribution is -0.157. The number of phenolic OH excluding ortho intramolecular Hbond substituents is 1. The molecule has 2 heterocycles. The molecular weight excluding hydrogens is 492 g/mol. The molecule has 6 unspecified atom stereocenters. The maximum absolute atomic E-state index is 13.6. The van der Waals surface area contributed by atoms with Crippen LogP contribution in [0.3, 0.4) is 0 Å². The van der Waals surface area contributed by atoms with Gasteiger partial charge in [0.05, 0.1) is 23.6 Å². The number of aliphatic imine (C=N–C) groups is 1. The van der Waals surface area contributed by atoms with Gasteiger partial charge in [-0.25, -0.2) is 4.79 Å². The van der Waals surface area contributed by atoms with Crippen LogP contribution in [-0.4, -0.2) is 77.0 Å². The van der Waals surface area contributed by atoms with Crippen molar-refractivity contribution in [3.63, 3.8) is 0 Å². The highest BCUT2D eigenvalue weighted by Crippen LogP contribution is 2.20. The van der Waals surface area contributed by atoms with Crippen molar-refractivity contribution in [2.45, 2.75) is 70.9 Å². The van der Waals surface area contributed by atoms with Crippen molar-refractivity contribution in [3.8, 4) is 5.75 Å². The molecular formula is C27H36N4O7. The van der Waals surface area contributed by atoms with E-state index in [9.17, 15) is 29.4 Å². The van der Waals surface area contributed by atoms with Crippen LogP contribution in [0.2, 0.25) is 0 Å². The van der Waals surface area contributed by atoms with Crippen LogP contribution in [-0.2, 0) is 19.1 Å². The zero-order valence-electron chi connectivity index (χ0n) is 22.0. The van der Waals surface area contributed by atoms with Crippen LogP contribution in [0, 0.1) is 11.8 Å². The number of nitrogens with one attached hydrogen (secondary N) is 3. The number of nitrogens with zero attached hydrogens (tertiary/aromatic N) is 1. The largest absolute Gasteiger partial charge is 0.507 e. The lowest BCUT2D eigenvalue weighted by atomic mass is 9.90. The summed E-state index contributed by atoms with van der Waals surface area (Å²) < 4.78 is 5.56. The summed E-state index contributed by atoms with van der Waals surface area (Å²) in [4.78, 5) is 56.8. The van der Waals surface area contributed by atoms with Crippen LogP contribution in [0.4, 0.5) is 0 Å². The van der Waals surface area contributed by atoms with Crippen molar-refractivity contribution in [3.05, 3.63) is 41.5 Å². The summed E-state index contributed by atoms with van der Waals surface area (Å²) >= 11 is 0. The van der Waals surface area contributed by atoms with Crippen LogP contribution in [0.5, 0.6) is 5.75 Å². The molecule has 0 aliphatic carbocycles. The number of benzene rings is 1. The van der Waals surface area contributed by atoms with Gasteiger partial charge >= 0.3 is 5.97 Å². The van der Waals surface area contributed by atoms with Crippen LogP contribution >= 0.6 is 0 Å². The Morgan fingerprint density at radius 2 is 1.87 bits per heavy atom. The Morgan fingerprint density at radius 1 is 1.16 bits per heavy atom. The van der Waals surface area contributed by atoms with Crippen LogP contribution in [0.1, 0.15) is 50.9 Å². The quantitative estimate of drug-likeness (QED) is 0.353. The second-order valence-electron chi connectivity index (χ2n) is 10.0. The monoisotopic (exact) mass is 528 g/mol. The number of cyclic esters (lactones) is 1. The van der Waals surface area contributed by atoms with Gasteiger partial charge in [0.25, 0.3) is 5.91 Å². The molecule has 0 saturated carbocycles. The van der Waals surface area contributed by atoms with E-state index in [1.54, 1.807) is 32.2 Å². The van der Waals surface area contributed by atoms with Crippen LogP contribution in [0.15, 0.2) is 40.9 Å². The Labute approximate surface area is 221 Å². The third-order valence-corrected chi connectivity index (χ3v) is 6.75. The number of aromatic hydroxyl groups is 1. The summed E-state index contributed by atoms with van der Waals surface area (Å²) in [6.45, 7) is 7.05. The summed E-state index contributed by atoms with van der Waals surface area (Å²) in [5, 5.41) is 29.3. The SMILES string of the molecule is CC(C)C1NC(=O)C(C)C(O)C(CC2=CCCN=C2)NC(=O)C(NC(=O)c2ccccc2O)C(C)OC1=O. The van der Waals surface area contributed by atoms with E-state index in [1.807, 2.05) is 6.08 Å². The Kier molecular flexibility index (Phi) is 9.62. The Bertz CT molecular complexity index is 1120. The lowest BCUT2D eigenvalue weighted by Crippen LogP contribution is -2.60. The number of carbonyl (C=O) groups is 4. The third kappa shape index (κ3) is 6.97. The number of rotatable bonds is 5. The van der Waals surface area contributed by atoms with Gasteiger partial charge in [0, 0.05) is 12.8 Å². The number of amides is 3. The van der Waals surface area contributed by atoms with E-state index in [0.29, 0.717) is 13.0 Å². The number of dihydropyridines is 1. The highest BCUT2D eigenvalue weighted by Gasteiger charge is 2.39. The molecule has 0 aromatic heterocycles. The molecule has 11 heteroatoms. The summed E-state index contributed by atoms with van der Waals surface area (Å²) in [5.41, 5.74) is 0.723. The number of phenols is 1. The Balaban J connectivity index is 1.98. The molecule has 0 radical (unpaired) electrons. The predicted molar refractivity (Wildman–Crippen MR) is 139 cm³/mol. The highest BCUT2D eigenvalue weighted by atomic mass is 16.5. The molecule has 2 aliphatic rings. The van der Waals surface area contributed by atoms with E-state index >= 15 is 0 Å². The Hall–Kier alpha value is -3.73. The maximum Gasteiger partial charge on any atom is 0.329 e. The number of aliphatic hydroxyl groups is 1. The zero-order valence-corrected chi connectivity index (χ0v) is 22.0. The second-order valence-corrected chi connectivity index (χ2v) is 10.0. The van der Waals surface area contributed by atoms with Gasteiger partial charge < -0.3 is 30.9 Å². The fourth-order valence-corrected chi connectivity index (χ4v) is 4.37. The number of aliphatic hydroxyl groups excluding tert-OH is 1. The smallest absolute Gasteiger partial charge is 0.329 e. The van der Waals surface area contributed by atoms with Gasteiger partial charge in [0.15, 0.2) is 0 Å². The van der Waals surface area contributed by atoms with Crippen molar-refractivity contribution in [2.24, 2.45) is 16.8 Å². The first-order chi connectivity index (χ1) is 18.0. The predicted octanol–water partition coefficient (Wildman–Crippen LogP) is 0.850. The lowest BCUT2D eigenvalue weighted by Gasteiger charge is -2.34. The molecule has 1 aromatic carbocycles. The first-order valence-electron chi connectivity index (χ1n) is 12.8. The molecule has 1 aromatic rings. The van der Waals surface area contributed by atoms with Gasteiger partial charge in [-0.15, -0.1) is 0 Å². The van der Waals surface area contributed by atoms with Crippen molar-refractivity contribution in [2.75, 3.05) is 6.54 Å². The van der Waals surface area contributed by atoms with Crippen molar-refractivity contribution in [1.82, 2.24) is 16.0 Å². The van der Waals surface area contributed by atoms with E-state index in [2.05, 4.69) is 20.9 Å². The van der Waals surface area contributed by atoms with Gasteiger partial charge in [-0.05, 0) is 43.4 Å². The summed E-state index contributed by atoms with van der Waals surface area (Å²) in [6.07, 6.45) is 2.05. The topological polar surface area (TPSA) is 166 Å². The van der Waals surface area contributed by atoms with Gasteiger partial charge in [0.2, 0.25) is 11.8 Å². The van der Waals surface area contributed by atoms with Gasteiger partial charge in [-0.2, -0.15) is 0 Å². The zero-order chi connectivity index (χ0) is 28.0. The number of ether oxygens (including phenoxy) is 1. The average Bonchev–Trinajstić information content (AvgIpc) is 2.88. The highest BCUT2D eigenvalue weighted by molar-refractivity contribution is 6.00. The van der Waals surface area contributed by atoms with E-state index in [4.69, 9.17) is 4.74 Å². The molecule has 11 nitrogen and oxygen atoms in total. The van der Waals surface area contributed by atoms with Crippen molar-refractivity contribution >= 4 is 29.9 Å². The van der Waals surface area contributed by atoms with Crippen LogP contribution in [0.25, 0.3) is 0 Å². The van der Waals surface area contributed by atoms with E-state index in [0.717, 1.165) is 5.57 Å². The molecule has 0 bridgehead atoms. The number of carbonyl (C=O) groups excluding carboxylic acids is 4. The fraction of sp³-hybridized carbons (Fsp3) is 0.519. The summed E-state index contributed by atoms with van der Waals surface area (Å²) in [6, 6.07) is 2.52. The maximum atomic E-state index is 13.6. The first-order valence-corrected chi connectivity index (χ1v) is 12.8. The number of hydrogen-bond donors (Lipinski definition) is 5. The molecule has 3 amide bonds. The van der Waals surface area contributed by atoms with E-state index in [-0.39, 0.29) is 23.7 Å². The van der Waals surface area contributed by atoms with Crippen molar-refractivity contribution < 1.29 is 34.1 Å². The summed E-state index contributed by atoms with van der Waals surface area (Å²) in [5.74, 6) is -4.43. The minimum Gasteiger partial charge on any atom is -0.507 e. The molecule has 2 aliphatic heterocycles. The standard InChI is InChI=1S/C27H36N4O7/c1-14(2)21-27(37)38-16(4)22(31-25(35)18-9-5-6-10-20(18)32)26(36)29-19(12-17-8-7-11-28-13-17)23(33)15(3)24(34)30-21/h5-6,8-10,13-16,19,21-23,32-33H,7,11-12H2,1-4H3,(H,29,36)(H,30,34)(H,31,35). The Morgan fingerprint density at radius 3 is 2.50 bits per heavy atom.